The normalized spacial score (nSPS) is 20.4. The van der Waals surface area contributed by atoms with E-state index in [9.17, 15) is 45.8 Å². The lowest BCUT2D eigenvalue weighted by atomic mass is 9.72. The highest BCUT2D eigenvalue weighted by Crippen LogP contribution is 2.47. The van der Waals surface area contributed by atoms with Crippen LogP contribution in [-0.2, 0) is 21.9 Å². The number of carboxylic acid groups (broad SMARTS) is 1. The third-order valence-electron chi connectivity index (χ3n) is 9.24. The van der Waals surface area contributed by atoms with E-state index in [2.05, 4.69) is 0 Å². The zero-order valence-electron chi connectivity index (χ0n) is 28.2. The number of carbonyl (C=O) groups is 3. The van der Waals surface area contributed by atoms with Gasteiger partial charge in [-0.2, -0.15) is 26.3 Å². The Labute approximate surface area is 280 Å². The number of hydrogen-bond donors (Lipinski definition) is 0. The van der Waals surface area contributed by atoms with Gasteiger partial charge in [0.15, 0.2) is 0 Å². The molecule has 1 unspecified atom stereocenters. The summed E-state index contributed by atoms with van der Waals surface area (Å²) in [6.07, 6.45) is -10.8. The van der Waals surface area contributed by atoms with E-state index in [0.29, 0.717) is 42.7 Å². The zero-order chi connectivity index (χ0) is 36.8. The molecule has 0 N–H and O–H groups in total. The molecule has 2 aromatic rings. The Morgan fingerprint density at radius 1 is 1.06 bits per heavy atom. The molecule has 2 aliphatic rings. The molecule has 4 rings (SSSR count). The number of cyclic esters (lactones) is 1. The second-order valence-electron chi connectivity index (χ2n) is 13.8. The highest BCUT2D eigenvalue weighted by Gasteiger charge is 2.44. The molecule has 2 aromatic carbocycles. The lowest BCUT2D eigenvalue weighted by Crippen LogP contribution is -2.51. The van der Waals surface area contributed by atoms with E-state index in [1.54, 1.807) is 26.0 Å². The fourth-order valence-corrected chi connectivity index (χ4v) is 6.68. The summed E-state index contributed by atoms with van der Waals surface area (Å²) in [6.45, 7) is 8.80. The van der Waals surface area contributed by atoms with Crippen molar-refractivity contribution in [3.8, 4) is 5.75 Å². The van der Waals surface area contributed by atoms with Gasteiger partial charge in [0.05, 0.1) is 36.3 Å². The molecular weight excluding hydrogens is 658 g/mol. The topological polar surface area (TPSA) is 99.2 Å². The predicted octanol–water partition coefficient (Wildman–Crippen LogP) is 7.13. The molecule has 1 heterocycles. The van der Waals surface area contributed by atoms with E-state index in [0.717, 1.165) is 16.0 Å². The number of rotatable bonds is 9. The van der Waals surface area contributed by atoms with E-state index in [1.165, 1.54) is 32.0 Å². The van der Waals surface area contributed by atoms with Gasteiger partial charge in [0.1, 0.15) is 11.9 Å². The summed E-state index contributed by atoms with van der Waals surface area (Å²) in [5.74, 6) is -1.99. The van der Waals surface area contributed by atoms with Gasteiger partial charge in [-0.25, -0.2) is 4.79 Å². The first kappa shape index (κ1) is 37.6. The van der Waals surface area contributed by atoms with Crippen molar-refractivity contribution in [1.29, 1.82) is 0 Å². The van der Waals surface area contributed by atoms with Crippen LogP contribution < -0.4 is 9.84 Å². The largest absolute Gasteiger partial charge is 0.548 e. The molecule has 0 spiro atoms. The standard InChI is InChI=1S/C35H40F6N2O6/c1-18(2)28(31(45)46)42(6)30(44)20-8-9-27(48-7)26(14-20)25-10-11-33(4,5)16-22(25)17-43-19(3)29(49-32(43)47)21-12-23(34(36,37)38)15-24(13-21)35(39,40)41/h8-9,12-15,18-19,28-29H,10-11,16-17H2,1-7H3,(H,45,46)/p-1/t19-,28?,29-/m0/s1. The number of alkyl halides is 6. The first-order chi connectivity index (χ1) is 22.6. The highest BCUT2D eigenvalue weighted by atomic mass is 19.4. The number of halogens is 6. The van der Waals surface area contributed by atoms with Crippen LogP contribution in [0.4, 0.5) is 31.1 Å². The Bertz CT molecular complexity index is 1620. The van der Waals surface area contributed by atoms with Crippen LogP contribution in [0.1, 0.15) is 92.6 Å². The van der Waals surface area contributed by atoms with Crippen molar-refractivity contribution in [2.24, 2.45) is 11.3 Å². The molecule has 1 saturated heterocycles. The monoisotopic (exact) mass is 697 g/mol. The molecule has 1 fully saturated rings. The number of hydrogen-bond acceptors (Lipinski definition) is 6. The predicted molar refractivity (Wildman–Crippen MR) is 165 cm³/mol. The number of carbonyl (C=O) groups excluding carboxylic acids is 3. The van der Waals surface area contributed by atoms with E-state index in [4.69, 9.17) is 9.47 Å². The van der Waals surface area contributed by atoms with Gasteiger partial charge >= 0.3 is 18.4 Å². The third-order valence-corrected chi connectivity index (χ3v) is 9.24. The molecule has 49 heavy (non-hydrogen) atoms. The molecule has 1 aliphatic heterocycles. The SMILES string of the molecule is COc1ccc(C(=O)N(C)C(C(=O)[O-])C(C)C)cc1C1=C(CN2C(=O)O[C@H](c3cc(C(F)(F)F)cc(C(F)(F)F)c3)[C@@H]2C)CC(C)(C)CC1. The number of nitrogens with zero attached hydrogens (tertiary/aromatic N) is 2. The summed E-state index contributed by atoms with van der Waals surface area (Å²) >= 11 is 0. The van der Waals surface area contributed by atoms with Crippen LogP contribution in [0.2, 0.25) is 0 Å². The van der Waals surface area contributed by atoms with Crippen LogP contribution in [0, 0.1) is 11.3 Å². The minimum absolute atomic E-state index is 0.0233. The van der Waals surface area contributed by atoms with Gasteiger partial charge in [-0.1, -0.05) is 27.7 Å². The van der Waals surface area contributed by atoms with Crippen molar-refractivity contribution in [1.82, 2.24) is 9.80 Å². The number of methoxy groups -OCH3 is 1. The van der Waals surface area contributed by atoms with E-state index >= 15 is 0 Å². The highest BCUT2D eigenvalue weighted by molar-refractivity contribution is 5.97. The molecule has 3 atom stereocenters. The number of ether oxygens (including phenoxy) is 2. The summed E-state index contributed by atoms with van der Waals surface area (Å²) in [6, 6.07) is 3.70. The fourth-order valence-electron chi connectivity index (χ4n) is 6.68. The van der Waals surface area contributed by atoms with Crippen molar-refractivity contribution in [3.63, 3.8) is 0 Å². The average molecular weight is 698 g/mol. The van der Waals surface area contributed by atoms with Crippen molar-refractivity contribution < 1.29 is 55.3 Å². The summed E-state index contributed by atoms with van der Waals surface area (Å²) in [7, 11) is 2.82. The van der Waals surface area contributed by atoms with Crippen LogP contribution in [0.3, 0.4) is 0 Å². The van der Waals surface area contributed by atoms with Crippen LogP contribution in [0.15, 0.2) is 42.0 Å². The Morgan fingerprint density at radius 3 is 2.16 bits per heavy atom. The molecule has 2 amide bonds. The van der Waals surface area contributed by atoms with E-state index < -0.39 is 71.1 Å². The van der Waals surface area contributed by atoms with Gasteiger partial charge in [0, 0.05) is 24.7 Å². The minimum atomic E-state index is -5.07. The minimum Gasteiger partial charge on any atom is -0.548 e. The zero-order valence-corrected chi connectivity index (χ0v) is 28.2. The van der Waals surface area contributed by atoms with Gasteiger partial charge in [0.2, 0.25) is 0 Å². The first-order valence-corrected chi connectivity index (χ1v) is 15.7. The molecule has 8 nitrogen and oxygen atoms in total. The fraction of sp³-hybridized carbons (Fsp3) is 0.514. The summed E-state index contributed by atoms with van der Waals surface area (Å²) < 4.78 is 92.7. The lowest BCUT2D eigenvalue weighted by Gasteiger charge is -2.36. The number of allylic oxidation sites excluding steroid dienone is 1. The average Bonchev–Trinajstić information content (AvgIpc) is 3.27. The maximum atomic E-state index is 13.6. The third kappa shape index (κ3) is 7.99. The molecule has 14 heteroatoms. The molecule has 0 radical (unpaired) electrons. The number of carboxylic acids is 1. The number of benzene rings is 2. The van der Waals surface area contributed by atoms with Gasteiger partial charge in [-0.05, 0) is 90.6 Å². The van der Waals surface area contributed by atoms with E-state index in [1.807, 2.05) is 13.8 Å². The number of amides is 2. The van der Waals surface area contributed by atoms with Crippen LogP contribution >= 0.6 is 0 Å². The molecule has 1 aliphatic carbocycles. The van der Waals surface area contributed by atoms with Gasteiger partial charge in [0.25, 0.3) is 5.91 Å². The van der Waals surface area contributed by atoms with Gasteiger partial charge in [-0.3, -0.25) is 9.69 Å². The van der Waals surface area contributed by atoms with Gasteiger partial charge in [-0.15, -0.1) is 0 Å². The quantitative estimate of drug-likeness (QED) is 0.259. The Kier molecular flexibility index (Phi) is 10.4. The maximum absolute atomic E-state index is 13.6. The molecule has 0 saturated carbocycles. The molecular formula is C35H39F6N2O6-. The smallest absolute Gasteiger partial charge is 0.416 e. The van der Waals surface area contributed by atoms with Crippen molar-refractivity contribution >= 4 is 23.5 Å². The Morgan fingerprint density at radius 2 is 1.65 bits per heavy atom. The van der Waals surface area contributed by atoms with Crippen LogP contribution in [0.5, 0.6) is 5.75 Å². The van der Waals surface area contributed by atoms with Crippen LogP contribution in [0.25, 0.3) is 5.57 Å². The van der Waals surface area contributed by atoms with Crippen molar-refractivity contribution in [2.45, 2.75) is 84.4 Å². The Balaban J connectivity index is 1.76. The van der Waals surface area contributed by atoms with Crippen LogP contribution in [-0.4, -0.2) is 60.6 Å². The van der Waals surface area contributed by atoms with Crippen molar-refractivity contribution in [2.75, 3.05) is 20.7 Å². The molecule has 0 aromatic heterocycles. The van der Waals surface area contributed by atoms with E-state index in [-0.39, 0.29) is 23.6 Å². The molecule has 268 valence electrons. The molecule has 0 bridgehead atoms. The Hall–Kier alpha value is -4.23. The number of aliphatic carboxylic acids is 1. The first-order valence-electron chi connectivity index (χ1n) is 15.7. The number of likely N-dealkylation sites (N-methyl/N-ethyl adjacent to an activating group) is 1. The summed E-state index contributed by atoms with van der Waals surface area (Å²) in [5, 5.41) is 11.8. The second-order valence-corrected chi connectivity index (χ2v) is 13.8. The summed E-state index contributed by atoms with van der Waals surface area (Å²) in [5.41, 5.74) is -1.49. The summed E-state index contributed by atoms with van der Waals surface area (Å²) in [4.78, 5) is 40.9. The maximum Gasteiger partial charge on any atom is 0.416 e. The van der Waals surface area contributed by atoms with Gasteiger partial charge < -0.3 is 24.3 Å². The lowest BCUT2D eigenvalue weighted by molar-refractivity contribution is -0.312. The second kappa shape index (κ2) is 13.6. The van der Waals surface area contributed by atoms with Crippen molar-refractivity contribution in [3.05, 3.63) is 69.8 Å².